The first-order valence-electron chi connectivity index (χ1n) is 9.08. The molecule has 0 N–H and O–H groups in total. The van der Waals surface area contributed by atoms with Gasteiger partial charge in [-0.05, 0) is 52.1 Å². The first-order chi connectivity index (χ1) is 11.6. The molecule has 0 radical (unpaired) electrons. The van der Waals surface area contributed by atoms with Crippen molar-refractivity contribution < 1.29 is 9.47 Å². The van der Waals surface area contributed by atoms with E-state index in [0.29, 0.717) is 13.4 Å². The van der Waals surface area contributed by atoms with Crippen molar-refractivity contribution in [2.45, 2.75) is 59.3 Å². The Morgan fingerprint density at radius 2 is 1.24 bits per heavy atom. The maximum Gasteiger partial charge on any atom is 0.189 e. The molecule has 0 bridgehead atoms. The van der Waals surface area contributed by atoms with Gasteiger partial charge in [-0.15, -0.1) is 0 Å². The van der Waals surface area contributed by atoms with Crippen molar-refractivity contribution in [3.05, 3.63) is 53.6 Å². The van der Waals surface area contributed by atoms with Crippen molar-refractivity contribution in [1.82, 2.24) is 0 Å². The topological polar surface area (TPSA) is 18.5 Å². The number of hydrogen-bond acceptors (Lipinski definition) is 2. The lowest BCUT2D eigenvalue weighted by Crippen LogP contribution is -2.16. The molecule has 2 nitrogen and oxygen atoms in total. The second-order valence-corrected chi connectivity index (χ2v) is 8.58. The summed E-state index contributed by atoms with van der Waals surface area (Å²) in [7, 11) is 0. The van der Waals surface area contributed by atoms with E-state index in [1.165, 1.54) is 22.3 Å². The highest BCUT2D eigenvalue weighted by Gasteiger charge is 2.20. The first kappa shape index (κ1) is 19.5. The Kier molecular flexibility index (Phi) is 5.95. The molecule has 0 heterocycles. The second-order valence-electron chi connectivity index (χ2n) is 8.58. The Balaban J connectivity index is 2.37. The molecule has 0 saturated carbocycles. The lowest BCUT2D eigenvalue weighted by Gasteiger charge is -2.26. The van der Waals surface area contributed by atoms with E-state index in [4.69, 9.17) is 9.47 Å². The number of benzene rings is 2. The third-order valence-corrected chi connectivity index (χ3v) is 4.37. The molecule has 2 aromatic carbocycles. The van der Waals surface area contributed by atoms with Crippen molar-refractivity contribution in [3.63, 3.8) is 0 Å². The standard InChI is InChI=1S/C23H32O2/c1-8-24-16-25-21-11-9-17(10-12-21)18-13-19(22(2,3)4)15-20(14-18)23(5,6)7/h9-15H,8,16H2,1-7H3. The fourth-order valence-electron chi connectivity index (χ4n) is 2.60. The summed E-state index contributed by atoms with van der Waals surface area (Å²) in [6.45, 7) is 16.5. The number of rotatable bonds is 5. The zero-order valence-electron chi connectivity index (χ0n) is 16.8. The van der Waals surface area contributed by atoms with E-state index >= 15 is 0 Å². The lowest BCUT2D eigenvalue weighted by molar-refractivity contribution is 0.0224. The van der Waals surface area contributed by atoms with Crippen molar-refractivity contribution in [3.8, 4) is 16.9 Å². The molecular weight excluding hydrogens is 308 g/mol. The fraction of sp³-hybridized carbons (Fsp3) is 0.478. The van der Waals surface area contributed by atoms with Gasteiger partial charge in [-0.2, -0.15) is 0 Å². The Bertz CT molecular complexity index is 653. The minimum Gasteiger partial charge on any atom is -0.468 e. The van der Waals surface area contributed by atoms with Gasteiger partial charge in [0.2, 0.25) is 0 Å². The summed E-state index contributed by atoms with van der Waals surface area (Å²) in [4.78, 5) is 0. The summed E-state index contributed by atoms with van der Waals surface area (Å²) in [6, 6.07) is 15.2. The van der Waals surface area contributed by atoms with Crippen LogP contribution >= 0.6 is 0 Å². The number of ether oxygens (including phenoxy) is 2. The van der Waals surface area contributed by atoms with Gasteiger partial charge in [-0.25, -0.2) is 0 Å². The Labute approximate surface area is 153 Å². The summed E-state index contributed by atoms with van der Waals surface area (Å²) in [5, 5.41) is 0. The highest BCUT2D eigenvalue weighted by atomic mass is 16.7. The summed E-state index contributed by atoms with van der Waals surface area (Å²) < 4.78 is 10.8. The predicted molar refractivity (Wildman–Crippen MR) is 106 cm³/mol. The second kappa shape index (κ2) is 7.61. The Hall–Kier alpha value is -1.80. The van der Waals surface area contributed by atoms with E-state index in [1.54, 1.807) is 0 Å². The van der Waals surface area contributed by atoms with Gasteiger partial charge in [0.25, 0.3) is 0 Å². The SMILES string of the molecule is CCOCOc1ccc(-c2cc(C(C)(C)C)cc(C(C)(C)C)c2)cc1. The molecule has 136 valence electrons. The van der Waals surface area contributed by atoms with Crippen molar-refractivity contribution in [2.75, 3.05) is 13.4 Å². The van der Waals surface area contributed by atoms with Gasteiger partial charge in [-0.1, -0.05) is 71.9 Å². The Morgan fingerprint density at radius 1 is 0.720 bits per heavy atom. The van der Waals surface area contributed by atoms with Crippen LogP contribution in [0.4, 0.5) is 0 Å². The molecule has 0 fully saturated rings. The van der Waals surface area contributed by atoms with Gasteiger partial charge in [-0.3, -0.25) is 0 Å². The molecule has 0 unspecified atom stereocenters. The molecule has 0 saturated heterocycles. The molecule has 2 aromatic rings. The highest BCUT2D eigenvalue weighted by molar-refractivity contribution is 5.67. The molecule has 2 heteroatoms. The van der Waals surface area contributed by atoms with Crippen LogP contribution in [0.5, 0.6) is 5.75 Å². The highest BCUT2D eigenvalue weighted by Crippen LogP contribution is 2.34. The smallest absolute Gasteiger partial charge is 0.189 e. The summed E-state index contributed by atoms with van der Waals surface area (Å²) in [6.07, 6.45) is 0. The quantitative estimate of drug-likeness (QED) is 0.468. The first-order valence-corrected chi connectivity index (χ1v) is 9.08. The molecule has 0 aromatic heterocycles. The van der Waals surface area contributed by atoms with E-state index in [2.05, 4.69) is 71.9 Å². The molecule has 2 rings (SSSR count). The predicted octanol–water partition coefficient (Wildman–Crippen LogP) is 6.32. The zero-order valence-corrected chi connectivity index (χ0v) is 16.8. The lowest BCUT2D eigenvalue weighted by atomic mass is 9.79. The third-order valence-electron chi connectivity index (χ3n) is 4.37. The van der Waals surface area contributed by atoms with Crippen LogP contribution in [-0.4, -0.2) is 13.4 Å². The van der Waals surface area contributed by atoms with E-state index in [1.807, 2.05) is 19.1 Å². The maximum absolute atomic E-state index is 5.57. The number of hydrogen-bond donors (Lipinski definition) is 0. The van der Waals surface area contributed by atoms with Crippen LogP contribution in [0, 0.1) is 0 Å². The molecule has 0 atom stereocenters. The molecule has 0 aliphatic heterocycles. The maximum atomic E-state index is 5.57. The van der Waals surface area contributed by atoms with Crippen LogP contribution in [0.2, 0.25) is 0 Å². The summed E-state index contributed by atoms with van der Waals surface area (Å²) in [5.74, 6) is 0.834. The molecule has 0 aliphatic rings. The Morgan fingerprint density at radius 3 is 1.68 bits per heavy atom. The zero-order chi connectivity index (χ0) is 18.7. The van der Waals surface area contributed by atoms with E-state index in [0.717, 1.165) is 5.75 Å². The van der Waals surface area contributed by atoms with E-state index in [-0.39, 0.29) is 10.8 Å². The summed E-state index contributed by atoms with van der Waals surface area (Å²) >= 11 is 0. The van der Waals surface area contributed by atoms with Crippen molar-refractivity contribution >= 4 is 0 Å². The third kappa shape index (κ3) is 5.34. The van der Waals surface area contributed by atoms with Crippen LogP contribution in [0.15, 0.2) is 42.5 Å². The molecular formula is C23H32O2. The monoisotopic (exact) mass is 340 g/mol. The largest absolute Gasteiger partial charge is 0.468 e. The van der Waals surface area contributed by atoms with Crippen LogP contribution in [-0.2, 0) is 15.6 Å². The average molecular weight is 341 g/mol. The van der Waals surface area contributed by atoms with Gasteiger partial charge in [0.1, 0.15) is 5.75 Å². The fourth-order valence-corrected chi connectivity index (χ4v) is 2.60. The molecule has 0 spiro atoms. The van der Waals surface area contributed by atoms with Crippen LogP contribution in [0.1, 0.15) is 59.6 Å². The minimum atomic E-state index is 0.122. The molecule has 0 amide bonds. The van der Waals surface area contributed by atoms with Crippen molar-refractivity contribution in [1.29, 1.82) is 0 Å². The van der Waals surface area contributed by atoms with Gasteiger partial charge in [0, 0.05) is 6.61 Å². The van der Waals surface area contributed by atoms with E-state index in [9.17, 15) is 0 Å². The van der Waals surface area contributed by atoms with Gasteiger partial charge >= 0.3 is 0 Å². The summed E-state index contributed by atoms with van der Waals surface area (Å²) in [5.41, 5.74) is 5.44. The van der Waals surface area contributed by atoms with Gasteiger partial charge in [0.05, 0.1) is 0 Å². The normalized spacial score (nSPS) is 12.3. The minimum absolute atomic E-state index is 0.122. The van der Waals surface area contributed by atoms with Crippen LogP contribution < -0.4 is 4.74 Å². The van der Waals surface area contributed by atoms with Crippen LogP contribution in [0.25, 0.3) is 11.1 Å². The average Bonchev–Trinajstić information content (AvgIpc) is 2.54. The van der Waals surface area contributed by atoms with Crippen LogP contribution in [0.3, 0.4) is 0 Å². The van der Waals surface area contributed by atoms with Gasteiger partial charge < -0.3 is 9.47 Å². The van der Waals surface area contributed by atoms with Gasteiger partial charge in [0.15, 0.2) is 6.79 Å². The molecule has 0 aliphatic carbocycles. The van der Waals surface area contributed by atoms with Crippen molar-refractivity contribution in [2.24, 2.45) is 0 Å². The van der Waals surface area contributed by atoms with E-state index < -0.39 is 0 Å². The molecule has 25 heavy (non-hydrogen) atoms.